The van der Waals surface area contributed by atoms with Crippen LogP contribution in [0, 0.1) is 5.92 Å². The monoisotopic (exact) mass is 356 g/mol. The minimum absolute atomic E-state index is 0.0109. The maximum absolute atomic E-state index is 11.7. The van der Waals surface area contributed by atoms with Gasteiger partial charge >= 0.3 is 5.97 Å². The SMILES string of the molecule is CCS(=O)(=O)Nc1ccc(NC2CCC(C(=O)O)CC2)cc1OC. The van der Waals surface area contributed by atoms with Gasteiger partial charge in [0.15, 0.2) is 0 Å². The van der Waals surface area contributed by atoms with Crippen LogP contribution < -0.4 is 14.8 Å². The number of rotatable bonds is 7. The molecular weight excluding hydrogens is 332 g/mol. The lowest BCUT2D eigenvalue weighted by atomic mass is 9.86. The second kappa shape index (κ2) is 7.74. The molecular formula is C16H24N2O5S. The van der Waals surface area contributed by atoms with Gasteiger partial charge in [-0.3, -0.25) is 9.52 Å². The maximum atomic E-state index is 11.7. The summed E-state index contributed by atoms with van der Waals surface area (Å²) in [5.74, 6) is -0.537. The summed E-state index contributed by atoms with van der Waals surface area (Å²) in [6.07, 6.45) is 2.92. The summed E-state index contributed by atoms with van der Waals surface area (Å²) >= 11 is 0. The molecule has 0 radical (unpaired) electrons. The highest BCUT2D eigenvalue weighted by molar-refractivity contribution is 7.92. The number of methoxy groups -OCH3 is 1. The summed E-state index contributed by atoms with van der Waals surface area (Å²) in [4.78, 5) is 11.0. The zero-order valence-corrected chi connectivity index (χ0v) is 14.7. The van der Waals surface area contributed by atoms with Crippen molar-refractivity contribution in [2.75, 3.05) is 22.9 Å². The first-order valence-electron chi connectivity index (χ1n) is 8.02. The van der Waals surface area contributed by atoms with E-state index in [0.29, 0.717) is 24.3 Å². The number of nitrogens with one attached hydrogen (secondary N) is 2. The molecule has 0 saturated heterocycles. The summed E-state index contributed by atoms with van der Waals surface area (Å²) < 4.78 is 31.1. The third-order valence-corrected chi connectivity index (χ3v) is 5.59. The molecule has 1 aromatic rings. The molecule has 1 saturated carbocycles. The zero-order valence-electron chi connectivity index (χ0n) is 13.9. The molecule has 0 heterocycles. The van der Waals surface area contributed by atoms with E-state index in [4.69, 9.17) is 9.84 Å². The van der Waals surface area contributed by atoms with E-state index in [2.05, 4.69) is 10.0 Å². The highest BCUT2D eigenvalue weighted by Gasteiger charge is 2.25. The predicted octanol–water partition coefficient (Wildman–Crippen LogP) is 2.51. The molecule has 1 aliphatic rings. The van der Waals surface area contributed by atoms with Crippen molar-refractivity contribution in [2.45, 2.75) is 38.6 Å². The molecule has 1 fully saturated rings. The molecule has 2 rings (SSSR count). The molecule has 134 valence electrons. The minimum atomic E-state index is -3.37. The second-order valence-corrected chi connectivity index (χ2v) is 7.96. The number of carbonyl (C=O) groups is 1. The number of hydrogen-bond acceptors (Lipinski definition) is 5. The molecule has 7 nitrogen and oxygen atoms in total. The summed E-state index contributed by atoms with van der Waals surface area (Å²) in [6.45, 7) is 1.57. The van der Waals surface area contributed by atoms with Gasteiger partial charge in [-0.25, -0.2) is 8.42 Å². The third kappa shape index (κ3) is 4.77. The number of hydrogen-bond donors (Lipinski definition) is 3. The van der Waals surface area contributed by atoms with Crippen LogP contribution in [0.25, 0.3) is 0 Å². The van der Waals surface area contributed by atoms with Crippen molar-refractivity contribution in [1.29, 1.82) is 0 Å². The molecule has 3 N–H and O–H groups in total. The van der Waals surface area contributed by atoms with Crippen LogP contribution in [0.2, 0.25) is 0 Å². The first kappa shape index (κ1) is 18.4. The van der Waals surface area contributed by atoms with E-state index in [1.807, 2.05) is 0 Å². The molecule has 0 unspecified atom stereocenters. The van der Waals surface area contributed by atoms with Gasteiger partial charge < -0.3 is 15.2 Å². The average Bonchev–Trinajstić information content (AvgIpc) is 2.56. The van der Waals surface area contributed by atoms with Crippen LogP contribution in [0.15, 0.2) is 18.2 Å². The fourth-order valence-electron chi connectivity index (χ4n) is 2.83. The Morgan fingerprint density at radius 2 is 1.96 bits per heavy atom. The highest BCUT2D eigenvalue weighted by atomic mass is 32.2. The lowest BCUT2D eigenvalue weighted by Crippen LogP contribution is -2.29. The van der Waals surface area contributed by atoms with Crippen LogP contribution in [-0.4, -0.2) is 38.4 Å². The van der Waals surface area contributed by atoms with Gasteiger partial charge in [0.2, 0.25) is 10.0 Å². The van der Waals surface area contributed by atoms with E-state index in [0.717, 1.165) is 18.5 Å². The van der Waals surface area contributed by atoms with Crippen LogP contribution in [0.1, 0.15) is 32.6 Å². The van der Waals surface area contributed by atoms with Gasteiger partial charge in [-0.05, 0) is 44.7 Å². The number of carboxylic acid groups (broad SMARTS) is 1. The fourth-order valence-corrected chi connectivity index (χ4v) is 3.47. The maximum Gasteiger partial charge on any atom is 0.306 e. The van der Waals surface area contributed by atoms with Crippen molar-refractivity contribution in [3.63, 3.8) is 0 Å². The van der Waals surface area contributed by atoms with Gasteiger partial charge in [-0.2, -0.15) is 0 Å². The van der Waals surface area contributed by atoms with Gasteiger partial charge in [0, 0.05) is 17.8 Å². The van der Waals surface area contributed by atoms with E-state index >= 15 is 0 Å². The van der Waals surface area contributed by atoms with Gasteiger partial charge in [-0.1, -0.05) is 0 Å². The number of carboxylic acids is 1. The number of aliphatic carboxylic acids is 1. The Morgan fingerprint density at radius 1 is 1.29 bits per heavy atom. The quantitative estimate of drug-likeness (QED) is 0.693. The summed E-state index contributed by atoms with van der Waals surface area (Å²) in [6, 6.07) is 5.41. The second-order valence-electron chi connectivity index (χ2n) is 5.95. The Morgan fingerprint density at radius 3 is 2.50 bits per heavy atom. The average molecular weight is 356 g/mol. The van der Waals surface area contributed by atoms with Gasteiger partial charge in [0.05, 0.1) is 24.5 Å². The van der Waals surface area contributed by atoms with E-state index < -0.39 is 16.0 Å². The summed E-state index contributed by atoms with van der Waals surface area (Å²) in [5, 5.41) is 12.4. The van der Waals surface area contributed by atoms with Crippen molar-refractivity contribution < 1.29 is 23.1 Å². The summed E-state index contributed by atoms with van der Waals surface area (Å²) in [5.41, 5.74) is 1.23. The standard InChI is InChI=1S/C16H24N2O5S/c1-3-24(21,22)18-14-9-8-13(10-15(14)23-2)17-12-6-4-11(5-7-12)16(19)20/h8-12,17-18H,3-7H2,1-2H3,(H,19,20). The molecule has 1 aliphatic carbocycles. The molecule has 1 aromatic carbocycles. The molecule has 0 atom stereocenters. The number of anilines is 2. The molecule has 8 heteroatoms. The van der Waals surface area contributed by atoms with Crippen molar-refractivity contribution >= 4 is 27.4 Å². The van der Waals surface area contributed by atoms with Crippen molar-refractivity contribution in [3.05, 3.63) is 18.2 Å². The van der Waals surface area contributed by atoms with Crippen molar-refractivity contribution in [3.8, 4) is 5.75 Å². The molecule has 24 heavy (non-hydrogen) atoms. The molecule has 0 spiro atoms. The van der Waals surface area contributed by atoms with E-state index in [9.17, 15) is 13.2 Å². The first-order chi connectivity index (χ1) is 11.3. The molecule has 0 aliphatic heterocycles. The Kier molecular flexibility index (Phi) is 5.93. The van der Waals surface area contributed by atoms with Crippen LogP contribution in [-0.2, 0) is 14.8 Å². The predicted molar refractivity (Wildman–Crippen MR) is 93.1 cm³/mol. The van der Waals surface area contributed by atoms with Gasteiger partial charge in [-0.15, -0.1) is 0 Å². The largest absolute Gasteiger partial charge is 0.494 e. The number of sulfonamides is 1. The number of ether oxygens (including phenoxy) is 1. The van der Waals surface area contributed by atoms with E-state index in [-0.39, 0.29) is 17.7 Å². The van der Waals surface area contributed by atoms with Crippen LogP contribution >= 0.6 is 0 Å². The van der Waals surface area contributed by atoms with Gasteiger partial charge in [0.1, 0.15) is 5.75 Å². The highest BCUT2D eigenvalue weighted by Crippen LogP contribution is 2.31. The van der Waals surface area contributed by atoms with Crippen LogP contribution in [0.4, 0.5) is 11.4 Å². The Bertz CT molecular complexity index is 682. The van der Waals surface area contributed by atoms with E-state index in [1.54, 1.807) is 25.1 Å². The normalized spacial score (nSPS) is 21.1. The summed E-state index contributed by atoms with van der Waals surface area (Å²) in [7, 11) is -1.88. The molecule has 0 amide bonds. The topological polar surface area (TPSA) is 105 Å². The Hall–Kier alpha value is -1.96. The van der Waals surface area contributed by atoms with Gasteiger partial charge in [0.25, 0.3) is 0 Å². The molecule has 0 bridgehead atoms. The lowest BCUT2D eigenvalue weighted by Gasteiger charge is -2.28. The Balaban J connectivity index is 2.03. The minimum Gasteiger partial charge on any atom is -0.494 e. The van der Waals surface area contributed by atoms with Crippen molar-refractivity contribution in [2.24, 2.45) is 5.92 Å². The van der Waals surface area contributed by atoms with Crippen molar-refractivity contribution in [1.82, 2.24) is 0 Å². The number of benzene rings is 1. The lowest BCUT2D eigenvalue weighted by molar-refractivity contribution is -0.142. The first-order valence-corrected chi connectivity index (χ1v) is 9.67. The van der Waals surface area contributed by atoms with Crippen LogP contribution in [0.3, 0.4) is 0 Å². The van der Waals surface area contributed by atoms with Crippen LogP contribution in [0.5, 0.6) is 5.75 Å². The fraction of sp³-hybridized carbons (Fsp3) is 0.562. The Labute approximate surface area is 142 Å². The third-order valence-electron chi connectivity index (χ3n) is 4.29. The zero-order chi connectivity index (χ0) is 17.7. The van der Waals surface area contributed by atoms with E-state index in [1.165, 1.54) is 7.11 Å². The molecule has 0 aromatic heterocycles. The smallest absolute Gasteiger partial charge is 0.306 e.